The Bertz CT molecular complexity index is 499. The van der Waals surface area contributed by atoms with Crippen LogP contribution in [-0.4, -0.2) is 15.6 Å². The van der Waals surface area contributed by atoms with E-state index in [2.05, 4.69) is 35.6 Å². The first-order chi connectivity index (χ1) is 8.95. The summed E-state index contributed by atoms with van der Waals surface area (Å²) in [6.07, 6.45) is 5.68. The number of aromatic nitrogens is 2. The van der Waals surface area contributed by atoms with Crippen molar-refractivity contribution in [1.82, 2.24) is 14.9 Å². The van der Waals surface area contributed by atoms with Gasteiger partial charge >= 0.3 is 0 Å². The fourth-order valence-corrected chi connectivity index (χ4v) is 2.94. The maximum atomic E-state index is 5.95. The van der Waals surface area contributed by atoms with Gasteiger partial charge in [0, 0.05) is 41.8 Å². The summed E-state index contributed by atoms with van der Waals surface area (Å²) in [6, 6.07) is 2.40. The molecular weight excluding hydrogens is 278 g/mol. The summed E-state index contributed by atoms with van der Waals surface area (Å²) in [5.41, 5.74) is 0.186. The van der Waals surface area contributed by atoms with Crippen LogP contribution in [0.3, 0.4) is 0 Å². The van der Waals surface area contributed by atoms with Gasteiger partial charge in [-0.05, 0) is 11.5 Å². The fraction of sp³-hybridized carbons (Fsp3) is 0.500. The monoisotopic (exact) mass is 297 g/mol. The SMILES string of the molecule is CC(C)(C)C(Cn1ccnc1)NCc1cc(Cl)cs1. The second-order valence-electron chi connectivity index (χ2n) is 5.79. The largest absolute Gasteiger partial charge is 0.336 e. The third-order valence-corrected chi connectivity index (χ3v) is 4.43. The molecule has 2 rings (SSSR count). The topological polar surface area (TPSA) is 29.9 Å². The fourth-order valence-electron chi connectivity index (χ4n) is 1.92. The van der Waals surface area contributed by atoms with Gasteiger partial charge in [-0.3, -0.25) is 0 Å². The van der Waals surface area contributed by atoms with Crippen LogP contribution in [0.2, 0.25) is 5.02 Å². The van der Waals surface area contributed by atoms with Gasteiger partial charge in [-0.1, -0.05) is 32.4 Å². The van der Waals surface area contributed by atoms with Gasteiger partial charge in [-0.25, -0.2) is 4.98 Å². The van der Waals surface area contributed by atoms with Crippen molar-refractivity contribution in [2.75, 3.05) is 0 Å². The molecular formula is C14H20ClN3S. The van der Waals surface area contributed by atoms with Crippen molar-refractivity contribution in [3.05, 3.63) is 40.1 Å². The standard InChI is InChI=1S/C14H20ClN3S/c1-14(2,3)13(8-18-5-4-16-10-18)17-7-12-6-11(15)9-19-12/h4-6,9-10,13,17H,7-8H2,1-3H3. The van der Waals surface area contributed by atoms with E-state index in [4.69, 9.17) is 11.6 Å². The molecule has 3 nitrogen and oxygen atoms in total. The highest BCUT2D eigenvalue weighted by Gasteiger charge is 2.24. The number of thiophene rings is 1. The Morgan fingerprint density at radius 1 is 1.47 bits per heavy atom. The predicted molar refractivity (Wildman–Crippen MR) is 81.6 cm³/mol. The van der Waals surface area contributed by atoms with Crippen molar-refractivity contribution in [3.63, 3.8) is 0 Å². The number of halogens is 1. The van der Waals surface area contributed by atoms with Gasteiger partial charge in [0.25, 0.3) is 0 Å². The van der Waals surface area contributed by atoms with Gasteiger partial charge in [0.2, 0.25) is 0 Å². The third kappa shape index (κ3) is 4.34. The molecule has 104 valence electrons. The zero-order valence-electron chi connectivity index (χ0n) is 11.6. The van der Waals surface area contributed by atoms with Crippen LogP contribution in [-0.2, 0) is 13.1 Å². The highest BCUT2D eigenvalue weighted by atomic mass is 35.5. The minimum atomic E-state index is 0.186. The molecule has 0 spiro atoms. The molecule has 1 unspecified atom stereocenters. The number of hydrogen-bond acceptors (Lipinski definition) is 3. The van der Waals surface area contributed by atoms with Crippen LogP contribution >= 0.6 is 22.9 Å². The lowest BCUT2D eigenvalue weighted by Crippen LogP contribution is -2.42. The molecule has 19 heavy (non-hydrogen) atoms. The van der Waals surface area contributed by atoms with Gasteiger partial charge in [0.1, 0.15) is 0 Å². The van der Waals surface area contributed by atoms with E-state index in [0.717, 1.165) is 18.1 Å². The Labute approximate surface area is 123 Å². The molecule has 0 aliphatic rings. The highest BCUT2D eigenvalue weighted by Crippen LogP contribution is 2.23. The number of nitrogens with zero attached hydrogens (tertiary/aromatic N) is 2. The van der Waals surface area contributed by atoms with E-state index >= 15 is 0 Å². The molecule has 5 heteroatoms. The summed E-state index contributed by atoms with van der Waals surface area (Å²) in [5.74, 6) is 0. The zero-order valence-corrected chi connectivity index (χ0v) is 13.1. The Balaban J connectivity index is 1.98. The minimum absolute atomic E-state index is 0.186. The molecule has 2 aromatic rings. The summed E-state index contributed by atoms with van der Waals surface area (Å²) in [4.78, 5) is 5.37. The summed E-state index contributed by atoms with van der Waals surface area (Å²) in [6.45, 7) is 8.53. The maximum Gasteiger partial charge on any atom is 0.0946 e. The Morgan fingerprint density at radius 2 is 2.26 bits per heavy atom. The number of nitrogens with one attached hydrogen (secondary N) is 1. The molecule has 0 saturated carbocycles. The highest BCUT2D eigenvalue weighted by molar-refractivity contribution is 7.10. The van der Waals surface area contributed by atoms with E-state index in [1.807, 2.05) is 30.2 Å². The van der Waals surface area contributed by atoms with E-state index in [0.29, 0.717) is 6.04 Å². The van der Waals surface area contributed by atoms with Crippen LogP contribution in [0.4, 0.5) is 0 Å². The Morgan fingerprint density at radius 3 is 2.79 bits per heavy atom. The molecule has 0 aliphatic heterocycles. The summed E-state index contributed by atoms with van der Waals surface area (Å²) in [5, 5.41) is 6.43. The normalized spacial score (nSPS) is 13.7. The summed E-state index contributed by atoms with van der Waals surface area (Å²) < 4.78 is 2.12. The molecule has 0 saturated heterocycles. The predicted octanol–water partition coefficient (Wildman–Crippen LogP) is 3.80. The summed E-state index contributed by atoms with van der Waals surface area (Å²) in [7, 11) is 0. The van der Waals surface area contributed by atoms with Crippen LogP contribution in [0.5, 0.6) is 0 Å². The van der Waals surface area contributed by atoms with Gasteiger partial charge < -0.3 is 9.88 Å². The molecule has 2 heterocycles. The first kappa shape index (κ1) is 14.6. The molecule has 0 bridgehead atoms. The first-order valence-electron chi connectivity index (χ1n) is 6.37. The molecule has 0 fully saturated rings. The van der Waals surface area contributed by atoms with Crippen LogP contribution in [0, 0.1) is 5.41 Å². The lowest BCUT2D eigenvalue weighted by Gasteiger charge is -2.32. The van der Waals surface area contributed by atoms with Crippen molar-refractivity contribution in [3.8, 4) is 0 Å². The van der Waals surface area contributed by atoms with E-state index in [9.17, 15) is 0 Å². The van der Waals surface area contributed by atoms with Crippen molar-refractivity contribution < 1.29 is 0 Å². The zero-order chi connectivity index (χ0) is 13.9. The van der Waals surface area contributed by atoms with Gasteiger partial charge in [0.15, 0.2) is 0 Å². The van der Waals surface area contributed by atoms with E-state index in [-0.39, 0.29) is 5.41 Å². The van der Waals surface area contributed by atoms with Crippen molar-refractivity contribution >= 4 is 22.9 Å². The van der Waals surface area contributed by atoms with Crippen molar-refractivity contribution in [2.45, 2.75) is 39.9 Å². The average Bonchev–Trinajstić information content (AvgIpc) is 2.94. The van der Waals surface area contributed by atoms with E-state index < -0.39 is 0 Å². The summed E-state index contributed by atoms with van der Waals surface area (Å²) >= 11 is 7.65. The molecule has 0 aliphatic carbocycles. The number of hydrogen-bond donors (Lipinski definition) is 1. The molecule has 0 radical (unpaired) electrons. The van der Waals surface area contributed by atoms with Crippen LogP contribution in [0.1, 0.15) is 25.6 Å². The lowest BCUT2D eigenvalue weighted by molar-refractivity contribution is 0.240. The average molecular weight is 298 g/mol. The third-order valence-electron chi connectivity index (χ3n) is 3.14. The molecule has 2 aromatic heterocycles. The number of rotatable bonds is 5. The minimum Gasteiger partial charge on any atom is -0.336 e. The number of imidazole rings is 1. The molecule has 1 atom stereocenters. The van der Waals surface area contributed by atoms with E-state index in [1.54, 1.807) is 11.3 Å². The maximum absolute atomic E-state index is 5.95. The second-order valence-corrected chi connectivity index (χ2v) is 7.22. The Hall–Kier alpha value is -0.840. The van der Waals surface area contributed by atoms with Crippen LogP contribution < -0.4 is 5.32 Å². The van der Waals surface area contributed by atoms with Crippen LogP contribution in [0.15, 0.2) is 30.2 Å². The van der Waals surface area contributed by atoms with Crippen molar-refractivity contribution in [2.24, 2.45) is 5.41 Å². The molecule has 0 aromatic carbocycles. The first-order valence-corrected chi connectivity index (χ1v) is 7.63. The van der Waals surface area contributed by atoms with E-state index in [1.165, 1.54) is 4.88 Å². The van der Waals surface area contributed by atoms with Crippen molar-refractivity contribution in [1.29, 1.82) is 0 Å². The van der Waals surface area contributed by atoms with Gasteiger partial charge in [0.05, 0.1) is 11.3 Å². The van der Waals surface area contributed by atoms with Gasteiger partial charge in [-0.15, -0.1) is 11.3 Å². The smallest absolute Gasteiger partial charge is 0.0946 e. The molecule has 0 amide bonds. The second kappa shape index (κ2) is 6.07. The van der Waals surface area contributed by atoms with Crippen LogP contribution in [0.25, 0.3) is 0 Å². The van der Waals surface area contributed by atoms with Gasteiger partial charge in [-0.2, -0.15) is 0 Å². The molecule has 1 N–H and O–H groups in total. The Kier molecular flexibility index (Phi) is 4.66. The quantitative estimate of drug-likeness (QED) is 0.909. The lowest BCUT2D eigenvalue weighted by atomic mass is 9.86.